The molecule has 152 valence electrons. The van der Waals surface area contributed by atoms with Crippen LogP contribution in [0.25, 0.3) is 11.1 Å². The van der Waals surface area contributed by atoms with Crippen LogP contribution < -0.4 is 11.1 Å². The van der Waals surface area contributed by atoms with E-state index in [0.29, 0.717) is 23.7 Å². The van der Waals surface area contributed by atoms with E-state index in [1.54, 1.807) is 16.7 Å². The number of halogens is 1. The molecule has 6 nitrogen and oxygen atoms in total. The van der Waals surface area contributed by atoms with Gasteiger partial charge in [0.1, 0.15) is 0 Å². The Bertz CT molecular complexity index is 1040. The summed E-state index contributed by atoms with van der Waals surface area (Å²) in [6.45, 7) is 2.11. The van der Waals surface area contributed by atoms with Crippen molar-refractivity contribution in [1.29, 1.82) is 0 Å². The summed E-state index contributed by atoms with van der Waals surface area (Å²) in [5, 5.41) is 3.69. The Hall–Kier alpha value is -2.57. The van der Waals surface area contributed by atoms with Gasteiger partial charge in [0.15, 0.2) is 5.58 Å². The van der Waals surface area contributed by atoms with E-state index >= 15 is 0 Å². The SMILES string of the molecule is O=C(CCc1ccccc1)NC1CCN(Cn2c(=O)oc3cc(Cl)ccc32)CC1. The molecule has 0 atom stereocenters. The quantitative estimate of drug-likeness (QED) is 0.672. The van der Waals surface area contributed by atoms with Crippen LogP contribution in [0.2, 0.25) is 5.02 Å². The molecule has 1 N–H and O–H groups in total. The molecule has 1 saturated heterocycles. The second-order valence-electron chi connectivity index (χ2n) is 7.49. The summed E-state index contributed by atoms with van der Waals surface area (Å²) in [5.41, 5.74) is 2.43. The second-order valence-corrected chi connectivity index (χ2v) is 7.93. The monoisotopic (exact) mass is 413 g/mol. The van der Waals surface area contributed by atoms with Gasteiger partial charge in [0, 0.05) is 36.6 Å². The first-order valence-corrected chi connectivity index (χ1v) is 10.3. The van der Waals surface area contributed by atoms with Crippen molar-refractivity contribution >= 4 is 28.6 Å². The van der Waals surface area contributed by atoms with Crippen LogP contribution in [0.1, 0.15) is 24.8 Å². The summed E-state index contributed by atoms with van der Waals surface area (Å²) in [4.78, 5) is 26.6. The van der Waals surface area contributed by atoms with Crippen molar-refractivity contribution in [3.63, 3.8) is 0 Å². The minimum Gasteiger partial charge on any atom is -0.408 e. The molecule has 0 spiro atoms. The lowest BCUT2D eigenvalue weighted by atomic mass is 10.0. The Morgan fingerprint density at radius 2 is 1.90 bits per heavy atom. The standard InChI is InChI=1S/C22H24ClN3O3/c23-17-7-8-19-20(14-17)29-22(28)26(19)15-25-12-10-18(11-13-25)24-21(27)9-6-16-4-2-1-3-5-16/h1-5,7-8,14,18H,6,9-13,15H2,(H,24,27). The van der Waals surface area contributed by atoms with Gasteiger partial charge in [-0.2, -0.15) is 0 Å². The predicted octanol–water partition coefficient (Wildman–Crippen LogP) is 3.42. The Morgan fingerprint density at radius 1 is 1.14 bits per heavy atom. The fourth-order valence-electron chi connectivity index (χ4n) is 3.80. The van der Waals surface area contributed by atoms with Gasteiger partial charge in [0.05, 0.1) is 12.2 Å². The highest BCUT2D eigenvalue weighted by molar-refractivity contribution is 6.31. The van der Waals surface area contributed by atoms with Gasteiger partial charge < -0.3 is 9.73 Å². The van der Waals surface area contributed by atoms with E-state index in [0.717, 1.165) is 37.9 Å². The fraction of sp³-hybridized carbons (Fsp3) is 0.364. The average molecular weight is 414 g/mol. The number of hydrogen-bond donors (Lipinski definition) is 1. The Morgan fingerprint density at radius 3 is 2.66 bits per heavy atom. The summed E-state index contributed by atoms with van der Waals surface area (Å²) in [6.07, 6.45) is 3.00. The number of rotatable bonds is 6. The van der Waals surface area contributed by atoms with Crippen molar-refractivity contribution in [2.24, 2.45) is 0 Å². The summed E-state index contributed by atoms with van der Waals surface area (Å²) < 4.78 is 6.93. The van der Waals surface area contributed by atoms with Gasteiger partial charge >= 0.3 is 5.76 Å². The third-order valence-electron chi connectivity index (χ3n) is 5.41. The number of hydrogen-bond acceptors (Lipinski definition) is 4. The van der Waals surface area contributed by atoms with Crippen LogP contribution in [-0.4, -0.2) is 34.5 Å². The van der Waals surface area contributed by atoms with Crippen molar-refractivity contribution in [2.75, 3.05) is 13.1 Å². The van der Waals surface area contributed by atoms with Gasteiger partial charge in [0.2, 0.25) is 5.91 Å². The Kier molecular flexibility index (Phi) is 6.02. The first kappa shape index (κ1) is 19.7. The summed E-state index contributed by atoms with van der Waals surface area (Å²) in [5.74, 6) is -0.278. The van der Waals surface area contributed by atoms with Crippen LogP contribution in [0, 0.1) is 0 Å². The van der Waals surface area contributed by atoms with Gasteiger partial charge in [0.25, 0.3) is 0 Å². The average Bonchev–Trinajstić information content (AvgIpc) is 3.03. The maximum absolute atomic E-state index is 12.2. The molecular formula is C22H24ClN3O3. The molecule has 1 aliphatic rings. The molecule has 1 fully saturated rings. The molecule has 1 aliphatic heterocycles. The zero-order valence-corrected chi connectivity index (χ0v) is 16.9. The second kappa shape index (κ2) is 8.84. The Balaban J connectivity index is 1.27. The van der Waals surface area contributed by atoms with Crippen LogP contribution in [0.4, 0.5) is 0 Å². The van der Waals surface area contributed by atoms with E-state index in [9.17, 15) is 9.59 Å². The smallest absolute Gasteiger partial charge is 0.408 e. The summed E-state index contributed by atoms with van der Waals surface area (Å²) in [6, 6.07) is 15.5. The third-order valence-corrected chi connectivity index (χ3v) is 5.64. The van der Waals surface area contributed by atoms with Gasteiger partial charge in [-0.3, -0.25) is 14.3 Å². The van der Waals surface area contributed by atoms with Crippen molar-refractivity contribution in [2.45, 2.75) is 38.4 Å². The number of carbonyl (C=O) groups excluding carboxylic acids is 1. The number of benzene rings is 2. The number of likely N-dealkylation sites (tertiary alicyclic amines) is 1. The topological polar surface area (TPSA) is 67.5 Å². The van der Waals surface area contributed by atoms with Crippen LogP contribution >= 0.6 is 11.6 Å². The lowest BCUT2D eigenvalue weighted by Gasteiger charge is -2.32. The molecule has 0 unspecified atom stereocenters. The number of nitrogens with one attached hydrogen (secondary N) is 1. The molecule has 2 aromatic carbocycles. The lowest BCUT2D eigenvalue weighted by Crippen LogP contribution is -2.45. The maximum atomic E-state index is 12.2. The molecule has 1 amide bonds. The highest BCUT2D eigenvalue weighted by atomic mass is 35.5. The predicted molar refractivity (Wildman–Crippen MR) is 113 cm³/mol. The van der Waals surface area contributed by atoms with Crippen LogP contribution in [0.5, 0.6) is 0 Å². The fourth-order valence-corrected chi connectivity index (χ4v) is 3.96. The molecule has 1 aromatic heterocycles. The van der Waals surface area contributed by atoms with Crippen LogP contribution in [0.15, 0.2) is 57.7 Å². The molecule has 3 aromatic rings. The van der Waals surface area contributed by atoms with E-state index < -0.39 is 0 Å². The molecule has 7 heteroatoms. The summed E-state index contributed by atoms with van der Waals surface area (Å²) in [7, 11) is 0. The molecule has 29 heavy (non-hydrogen) atoms. The molecule has 0 bridgehead atoms. The van der Waals surface area contributed by atoms with Crippen molar-refractivity contribution in [1.82, 2.24) is 14.8 Å². The first-order valence-electron chi connectivity index (χ1n) is 9.93. The normalized spacial score (nSPS) is 15.6. The van der Waals surface area contributed by atoms with E-state index in [1.807, 2.05) is 36.4 Å². The molecular weight excluding hydrogens is 390 g/mol. The number of aromatic nitrogens is 1. The highest BCUT2D eigenvalue weighted by Gasteiger charge is 2.22. The molecule has 0 aliphatic carbocycles. The van der Waals surface area contributed by atoms with E-state index in [1.165, 1.54) is 5.56 Å². The van der Waals surface area contributed by atoms with Gasteiger partial charge in [-0.15, -0.1) is 0 Å². The van der Waals surface area contributed by atoms with Crippen LogP contribution in [-0.2, 0) is 17.9 Å². The van der Waals surface area contributed by atoms with Gasteiger partial charge in [-0.25, -0.2) is 4.79 Å². The summed E-state index contributed by atoms with van der Waals surface area (Å²) >= 11 is 5.97. The maximum Gasteiger partial charge on any atom is 0.421 e. The molecule has 0 saturated carbocycles. The number of amides is 1. The Labute approximate surface area is 174 Å². The number of aryl methyl sites for hydroxylation is 1. The largest absolute Gasteiger partial charge is 0.421 e. The number of fused-ring (bicyclic) bond motifs is 1. The van der Waals surface area contributed by atoms with E-state index in [2.05, 4.69) is 10.2 Å². The van der Waals surface area contributed by atoms with E-state index in [-0.39, 0.29) is 17.7 Å². The highest BCUT2D eigenvalue weighted by Crippen LogP contribution is 2.19. The van der Waals surface area contributed by atoms with Crippen LogP contribution in [0.3, 0.4) is 0 Å². The van der Waals surface area contributed by atoms with E-state index in [4.69, 9.17) is 16.0 Å². The zero-order chi connectivity index (χ0) is 20.2. The van der Waals surface area contributed by atoms with Crippen molar-refractivity contribution in [3.8, 4) is 0 Å². The number of carbonyl (C=O) groups is 1. The molecule has 0 radical (unpaired) electrons. The number of nitrogens with zero attached hydrogens (tertiary/aromatic N) is 2. The molecule has 4 rings (SSSR count). The number of piperidine rings is 1. The zero-order valence-electron chi connectivity index (χ0n) is 16.1. The minimum atomic E-state index is -0.376. The molecule has 2 heterocycles. The lowest BCUT2D eigenvalue weighted by molar-refractivity contribution is -0.122. The van der Waals surface area contributed by atoms with Gasteiger partial charge in [-0.05, 0) is 37.0 Å². The minimum absolute atomic E-state index is 0.0984. The number of oxazole rings is 1. The van der Waals surface area contributed by atoms with Crippen molar-refractivity contribution in [3.05, 3.63) is 69.7 Å². The van der Waals surface area contributed by atoms with Gasteiger partial charge in [-0.1, -0.05) is 41.9 Å². The third kappa shape index (κ3) is 4.89. The van der Waals surface area contributed by atoms with Crippen molar-refractivity contribution < 1.29 is 9.21 Å². The first-order chi connectivity index (χ1) is 14.1.